The molecule has 0 N–H and O–H groups in total. The van der Waals surface area contributed by atoms with Gasteiger partial charge in [-0.2, -0.15) is 0 Å². The Morgan fingerprint density at radius 1 is 1.20 bits per heavy atom. The van der Waals surface area contributed by atoms with E-state index in [-0.39, 0.29) is 0 Å². The van der Waals surface area contributed by atoms with Crippen molar-refractivity contribution < 1.29 is 0 Å². The van der Waals surface area contributed by atoms with Gasteiger partial charge in [0.25, 0.3) is 0 Å². The minimum Gasteiger partial charge on any atom is -0.370 e. The highest BCUT2D eigenvalue weighted by Gasteiger charge is 1.88. The van der Waals surface area contributed by atoms with Crippen molar-refractivity contribution in [1.29, 1.82) is 0 Å². The van der Waals surface area contributed by atoms with Gasteiger partial charge in [-0.25, -0.2) is 0 Å². The van der Waals surface area contributed by atoms with Crippen LogP contribution in [-0.4, -0.2) is 18.0 Å². The molecule has 0 aromatic carbocycles. The van der Waals surface area contributed by atoms with Gasteiger partial charge in [0.15, 0.2) is 0 Å². The predicted octanol–water partition coefficient (Wildman–Crippen LogP) is 2.19. The highest BCUT2D eigenvalue weighted by Crippen LogP contribution is 1.89. The van der Waals surface area contributed by atoms with Crippen LogP contribution in [0.3, 0.4) is 0 Å². The quantitative estimate of drug-likeness (QED) is 0.525. The first kappa shape index (κ1) is 9.02. The van der Waals surface area contributed by atoms with Crippen molar-refractivity contribution in [3.8, 4) is 0 Å². The fourth-order valence-corrected chi connectivity index (χ4v) is 0.739. The molecule has 0 heterocycles. The zero-order valence-electron chi connectivity index (χ0n) is 6.59. The molecule has 0 aliphatic rings. The van der Waals surface area contributed by atoms with Crippen molar-refractivity contribution in [2.24, 2.45) is 0 Å². The van der Waals surface area contributed by atoms with Crippen LogP contribution in [0.1, 0.15) is 6.92 Å². The normalized spacial score (nSPS) is 9.70. The van der Waals surface area contributed by atoms with Crippen LogP contribution in [0, 0.1) is 0 Å². The average molecular weight is 137 g/mol. The van der Waals surface area contributed by atoms with Crippen LogP contribution < -0.4 is 0 Å². The maximum absolute atomic E-state index is 3.66. The highest BCUT2D eigenvalue weighted by molar-refractivity contribution is 4.88. The molecule has 0 rings (SSSR count). The molecule has 0 amide bonds. The lowest BCUT2D eigenvalue weighted by Crippen LogP contribution is -2.16. The summed E-state index contributed by atoms with van der Waals surface area (Å²) in [7, 11) is 0. The van der Waals surface area contributed by atoms with E-state index in [4.69, 9.17) is 0 Å². The van der Waals surface area contributed by atoms with Gasteiger partial charge < -0.3 is 4.90 Å². The molecular formula is C9H15N. The summed E-state index contributed by atoms with van der Waals surface area (Å²) in [5.74, 6) is 0. The second kappa shape index (κ2) is 6.14. The second-order valence-electron chi connectivity index (χ2n) is 2.01. The smallest absolute Gasteiger partial charge is 0.0354 e. The standard InChI is InChI=1S/C9H15N/c1-4-7-10(8-5-2)9-6-3/h4-6,9H,1-2,7-8H2,3H3/b9-6+. The van der Waals surface area contributed by atoms with E-state index >= 15 is 0 Å². The minimum atomic E-state index is 0.885. The number of rotatable bonds is 5. The summed E-state index contributed by atoms with van der Waals surface area (Å²) in [6.45, 7) is 11.1. The van der Waals surface area contributed by atoms with Crippen LogP contribution >= 0.6 is 0 Å². The molecule has 0 bridgehead atoms. The monoisotopic (exact) mass is 137 g/mol. The third kappa shape index (κ3) is 3.96. The lowest BCUT2D eigenvalue weighted by atomic mass is 10.4. The van der Waals surface area contributed by atoms with Crippen LogP contribution in [0.15, 0.2) is 37.6 Å². The molecule has 0 atom stereocenters. The molecule has 0 aromatic heterocycles. The van der Waals surface area contributed by atoms with Crippen LogP contribution in [0.5, 0.6) is 0 Å². The third-order valence-electron chi connectivity index (χ3n) is 1.09. The summed E-state index contributed by atoms with van der Waals surface area (Å²) in [4.78, 5) is 2.12. The summed E-state index contributed by atoms with van der Waals surface area (Å²) in [5, 5.41) is 0. The Morgan fingerprint density at radius 3 is 2.00 bits per heavy atom. The lowest BCUT2D eigenvalue weighted by molar-refractivity contribution is 0.462. The van der Waals surface area contributed by atoms with Gasteiger partial charge in [-0.3, -0.25) is 0 Å². The van der Waals surface area contributed by atoms with Gasteiger partial charge in [-0.15, -0.1) is 13.2 Å². The van der Waals surface area contributed by atoms with Crippen molar-refractivity contribution >= 4 is 0 Å². The maximum Gasteiger partial charge on any atom is 0.0354 e. The van der Waals surface area contributed by atoms with Crippen LogP contribution in [0.4, 0.5) is 0 Å². The molecule has 1 nitrogen and oxygen atoms in total. The molecular weight excluding hydrogens is 122 g/mol. The van der Waals surface area contributed by atoms with E-state index in [9.17, 15) is 0 Å². The molecule has 0 aliphatic carbocycles. The van der Waals surface area contributed by atoms with E-state index in [1.807, 2.05) is 31.4 Å². The molecule has 0 spiro atoms. The number of hydrogen-bond donors (Lipinski definition) is 0. The van der Waals surface area contributed by atoms with Gasteiger partial charge in [0.05, 0.1) is 0 Å². The molecule has 0 aliphatic heterocycles. The number of hydrogen-bond acceptors (Lipinski definition) is 1. The SMILES string of the molecule is C=CCN(/C=C/C)CC=C. The number of nitrogens with zero attached hydrogens (tertiary/aromatic N) is 1. The number of allylic oxidation sites excluding steroid dienone is 1. The van der Waals surface area contributed by atoms with Crippen molar-refractivity contribution in [1.82, 2.24) is 4.90 Å². The van der Waals surface area contributed by atoms with E-state index in [1.165, 1.54) is 0 Å². The lowest BCUT2D eigenvalue weighted by Gasteiger charge is -2.14. The second-order valence-corrected chi connectivity index (χ2v) is 2.01. The molecule has 0 radical (unpaired) electrons. The average Bonchev–Trinajstić information content (AvgIpc) is 1.90. The molecule has 0 fully saturated rings. The topological polar surface area (TPSA) is 3.24 Å². The molecule has 1 heteroatoms. The Balaban J connectivity index is 3.70. The van der Waals surface area contributed by atoms with Crippen LogP contribution in [-0.2, 0) is 0 Å². The summed E-state index contributed by atoms with van der Waals surface area (Å²) in [6.07, 6.45) is 7.80. The van der Waals surface area contributed by atoms with E-state index in [0.29, 0.717) is 0 Å². The van der Waals surface area contributed by atoms with Crippen LogP contribution in [0.25, 0.3) is 0 Å². The van der Waals surface area contributed by atoms with Gasteiger partial charge in [0.2, 0.25) is 0 Å². The van der Waals surface area contributed by atoms with Gasteiger partial charge in [-0.1, -0.05) is 18.2 Å². The molecule has 0 saturated heterocycles. The summed E-state index contributed by atoms with van der Waals surface area (Å²) in [5.41, 5.74) is 0. The third-order valence-corrected chi connectivity index (χ3v) is 1.09. The van der Waals surface area contributed by atoms with Crippen molar-refractivity contribution in [2.75, 3.05) is 13.1 Å². The molecule has 56 valence electrons. The largest absolute Gasteiger partial charge is 0.370 e. The fraction of sp³-hybridized carbons (Fsp3) is 0.333. The van der Waals surface area contributed by atoms with Crippen molar-refractivity contribution in [3.05, 3.63) is 37.6 Å². The first-order chi connectivity index (χ1) is 4.85. The van der Waals surface area contributed by atoms with E-state index in [0.717, 1.165) is 13.1 Å². The van der Waals surface area contributed by atoms with Gasteiger partial charge >= 0.3 is 0 Å². The molecule has 0 aromatic rings. The Kier molecular flexibility index (Phi) is 5.54. The maximum atomic E-state index is 3.66. The highest BCUT2D eigenvalue weighted by atomic mass is 15.1. The first-order valence-corrected chi connectivity index (χ1v) is 3.43. The van der Waals surface area contributed by atoms with Crippen molar-refractivity contribution in [2.45, 2.75) is 6.92 Å². The molecule has 10 heavy (non-hydrogen) atoms. The minimum absolute atomic E-state index is 0.885. The zero-order chi connectivity index (χ0) is 7.82. The fourth-order valence-electron chi connectivity index (χ4n) is 0.739. The Morgan fingerprint density at radius 2 is 1.70 bits per heavy atom. The van der Waals surface area contributed by atoms with E-state index in [2.05, 4.69) is 18.1 Å². The van der Waals surface area contributed by atoms with Crippen LogP contribution in [0.2, 0.25) is 0 Å². The Labute approximate surface area is 63.3 Å². The molecule has 0 unspecified atom stereocenters. The van der Waals surface area contributed by atoms with Crippen molar-refractivity contribution in [3.63, 3.8) is 0 Å². The Bertz CT molecular complexity index is 115. The summed E-state index contributed by atoms with van der Waals surface area (Å²) in [6, 6.07) is 0. The van der Waals surface area contributed by atoms with Gasteiger partial charge in [0.1, 0.15) is 0 Å². The summed E-state index contributed by atoms with van der Waals surface area (Å²) < 4.78 is 0. The van der Waals surface area contributed by atoms with E-state index in [1.54, 1.807) is 0 Å². The van der Waals surface area contributed by atoms with E-state index < -0.39 is 0 Å². The molecule has 0 saturated carbocycles. The Hall–Kier alpha value is -0.980. The summed E-state index contributed by atoms with van der Waals surface area (Å²) >= 11 is 0. The predicted molar refractivity (Wildman–Crippen MR) is 46.8 cm³/mol. The van der Waals surface area contributed by atoms with Gasteiger partial charge in [0, 0.05) is 13.1 Å². The van der Waals surface area contributed by atoms with Gasteiger partial charge in [-0.05, 0) is 13.1 Å². The first-order valence-electron chi connectivity index (χ1n) is 3.43. The zero-order valence-corrected chi connectivity index (χ0v) is 6.59.